The van der Waals surface area contributed by atoms with Crippen molar-refractivity contribution in [2.75, 3.05) is 18.8 Å². The van der Waals surface area contributed by atoms with Crippen molar-refractivity contribution in [3.8, 4) is 0 Å². The normalized spacial score (nSPS) is 24.7. The van der Waals surface area contributed by atoms with Crippen LogP contribution in [0.1, 0.15) is 22.5 Å². The van der Waals surface area contributed by atoms with Gasteiger partial charge in [-0.05, 0) is 25.0 Å². The number of ether oxygens (including phenoxy) is 1. The molecule has 1 aromatic carbocycles. The topological polar surface area (TPSA) is 55.6 Å². The SMILES string of the molecule is Nc1c(C(=O)N2CC3CCC(C2)O3)sc2cccc(F)c12. The quantitative estimate of drug-likeness (QED) is 0.881. The number of anilines is 1. The van der Waals surface area contributed by atoms with E-state index in [4.69, 9.17) is 10.5 Å². The van der Waals surface area contributed by atoms with E-state index in [9.17, 15) is 9.18 Å². The van der Waals surface area contributed by atoms with Crippen molar-refractivity contribution in [1.29, 1.82) is 0 Å². The molecule has 4 nitrogen and oxygen atoms in total. The Morgan fingerprint density at radius 2 is 2.05 bits per heavy atom. The van der Waals surface area contributed by atoms with Crippen molar-refractivity contribution in [2.45, 2.75) is 25.0 Å². The van der Waals surface area contributed by atoms with Gasteiger partial charge in [0.15, 0.2) is 0 Å². The Balaban J connectivity index is 1.71. The van der Waals surface area contributed by atoms with Gasteiger partial charge in [0.25, 0.3) is 5.91 Å². The second-order valence-electron chi connectivity index (χ2n) is 5.63. The molecule has 4 rings (SSSR count). The zero-order valence-electron chi connectivity index (χ0n) is 11.3. The van der Waals surface area contributed by atoms with E-state index in [1.54, 1.807) is 17.0 Å². The number of nitrogens with two attached hydrogens (primary N) is 1. The predicted octanol–water partition coefficient (Wildman–Crippen LogP) is 2.63. The summed E-state index contributed by atoms with van der Waals surface area (Å²) >= 11 is 1.27. The largest absolute Gasteiger partial charge is 0.397 e. The van der Waals surface area contributed by atoms with Crippen LogP contribution in [0.3, 0.4) is 0 Å². The predicted molar refractivity (Wildman–Crippen MR) is 80.0 cm³/mol. The van der Waals surface area contributed by atoms with Crippen LogP contribution in [0.25, 0.3) is 10.1 Å². The van der Waals surface area contributed by atoms with Gasteiger partial charge >= 0.3 is 0 Å². The van der Waals surface area contributed by atoms with E-state index in [1.807, 2.05) is 0 Å². The van der Waals surface area contributed by atoms with Crippen molar-refractivity contribution >= 4 is 33.0 Å². The second kappa shape index (κ2) is 4.68. The van der Waals surface area contributed by atoms with Crippen LogP contribution in [0, 0.1) is 5.82 Å². The van der Waals surface area contributed by atoms with Crippen molar-refractivity contribution < 1.29 is 13.9 Å². The van der Waals surface area contributed by atoms with E-state index in [-0.39, 0.29) is 29.6 Å². The fourth-order valence-corrected chi connectivity index (χ4v) is 4.32. The summed E-state index contributed by atoms with van der Waals surface area (Å²) in [6.45, 7) is 1.21. The van der Waals surface area contributed by atoms with Crippen molar-refractivity contribution in [2.24, 2.45) is 0 Å². The number of carbonyl (C=O) groups excluding carboxylic acids is 1. The van der Waals surface area contributed by atoms with Crippen LogP contribution in [0.2, 0.25) is 0 Å². The van der Waals surface area contributed by atoms with Crippen LogP contribution in [-0.2, 0) is 4.74 Å². The number of nitrogens with zero attached hydrogens (tertiary/aromatic N) is 1. The maximum Gasteiger partial charge on any atom is 0.266 e. The summed E-state index contributed by atoms with van der Waals surface area (Å²) in [5.74, 6) is -0.476. The summed E-state index contributed by atoms with van der Waals surface area (Å²) in [5, 5.41) is 0.363. The lowest BCUT2D eigenvalue weighted by Gasteiger charge is -2.31. The smallest absolute Gasteiger partial charge is 0.266 e. The molecule has 3 heterocycles. The molecule has 110 valence electrons. The lowest BCUT2D eigenvalue weighted by molar-refractivity contribution is -0.0301. The van der Waals surface area contributed by atoms with E-state index >= 15 is 0 Å². The van der Waals surface area contributed by atoms with E-state index in [0.717, 1.165) is 12.8 Å². The van der Waals surface area contributed by atoms with Crippen molar-refractivity contribution in [3.05, 3.63) is 28.9 Å². The number of nitrogen functional groups attached to an aromatic ring is 1. The summed E-state index contributed by atoms with van der Waals surface area (Å²) < 4.78 is 20.3. The number of rotatable bonds is 1. The number of amides is 1. The molecule has 2 atom stereocenters. The van der Waals surface area contributed by atoms with Gasteiger partial charge in [-0.1, -0.05) is 6.07 Å². The zero-order chi connectivity index (χ0) is 14.6. The number of fused-ring (bicyclic) bond motifs is 3. The first-order valence-corrected chi connectivity index (χ1v) is 7.86. The highest BCUT2D eigenvalue weighted by Crippen LogP contribution is 2.37. The van der Waals surface area contributed by atoms with Gasteiger partial charge in [-0.2, -0.15) is 0 Å². The van der Waals surface area contributed by atoms with Gasteiger partial charge in [0.2, 0.25) is 0 Å². The van der Waals surface area contributed by atoms with E-state index in [2.05, 4.69) is 0 Å². The van der Waals surface area contributed by atoms with Crippen LogP contribution >= 0.6 is 11.3 Å². The molecule has 2 aliphatic rings. The molecular formula is C15H15FN2O2S. The second-order valence-corrected chi connectivity index (χ2v) is 6.68. The Kier molecular flexibility index (Phi) is 2.90. The van der Waals surface area contributed by atoms with Crippen LogP contribution < -0.4 is 5.73 Å². The van der Waals surface area contributed by atoms with Gasteiger partial charge in [-0.15, -0.1) is 11.3 Å². The number of hydrogen-bond donors (Lipinski definition) is 1. The fraction of sp³-hybridized carbons (Fsp3) is 0.400. The molecule has 6 heteroatoms. The molecule has 2 bridgehead atoms. The first-order valence-electron chi connectivity index (χ1n) is 7.04. The molecular weight excluding hydrogens is 291 g/mol. The highest BCUT2D eigenvalue weighted by atomic mass is 32.1. The van der Waals surface area contributed by atoms with Crippen LogP contribution in [-0.4, -0.2) is 36.1 Å². The van der Waals surface area contributed by atoms with Crippen LogP contribution in [0.4, 0.5) is 10.1 Å². The van der Waals surface area contributed by atoms with Gasteiger partial charge in [-0.25, -0.2) is 4.39 Å². The third-order valence-electron chi connectivity index (χ3n) is 4.23. The molecule has 0 radical (unpaired) electrons. The number of likely N-dealkylation sites (tertiary alicyclic amines) is 1. The minimum atomic E-state index is -0.373. The molecule has 0 saturated carbocycles. The van der Waals surface area contributed by atoms with Gasteiger partial charge < -0.3 is 15.4 Å². The molecule has 2 aromatic rings. The molecule has 2 saturated heterocycles. The fourth-order valence-electron chi connectivity index (χ4n) is 3.21. The lowest BCUT2D eigenvalue weighted by atomic mass is 10.2. The Morgan fingerprint density at radius 1 is 1.33 bits per heavy atom. The highest BCUT2D eigenvalue weighted by Gasteiger charge is 2.37. The average molecular weight is 306 g/mol. The Labute approximate surface area is 125 Å². The number of halogens is 1. The summed E-state index contributed by atoms with van der Waals surface area (Å²) in [6.07, 6.45) is 2.29. The molecule has 2 unspecified atom stereocenters. The summed E-state index contributed by atoms with van der Waals surface area (Å²) in [5.41, 5.74) is 6.29. The average Bonchev–Trinajstić information content (AvgIpc) is 2.99. The van der Waals surface area contributed by atoms with Gasteiger partial charge in [0.1, 0.15) is 10.7 Å². The van der Waals surface area contributed by atoms with Crippen molar-refractivity contribution in [3.63, 3.8) is 0 Å². The molecule has 21 heavy (non-hydrogen) atoms. The van der Waals surface area contributed by atoms with E-state index in [0.29, 0.717) is 28.1 Å². The summed E-state index contributed by atoms with van der Waals surface area (Å²) in [7, 11) is 0. The molecule has 1 amide bonds. The molecule has 0 spiro atoms. The van der Waals surface area contributed by atoms with Crippen molar-refractivity contribution in [1.82, 2.24) is 4.90 Å². The highest BCUT2D eigenvalue weighted by molar-refractivity contribution is 7.21. The molecule has 2 fully saturated rings. The van der Waals surface area contributed by atoms with E-state index in [1.165, 1.54) is 17.4 Å². The Morgan fingerprint density at radius 3 is 2.71 bits per heavy atom. The Hall–Kier alpha value is -1.66. The number of morpholine rings is 1. The number of thiophene rings is 1. The van der Waals surface area contributed by atoms with E-state index < -0.39 is 0 Å². The standard InChI is InChI=1S/C15H15FN2O2S/c16-10-2-1-3-11-12(10)13(17)14(21-11)15(19)18-6-8-4-5-9(7-18)20-8/h1-3,8-9H,4-7,17H2. The van der Waals surface area contributed by atoms with Gasteiger partial charge in [-0.3, -0.25) is 4.79 Å². The summed E-state index contributed by atoms with van der Waals surface area (Å²) in [6, 6.07) is 4.80. The van der Waals surface area contributed by atoms with Crippen LogP contribution in [0.5, 0.6) is 0 Å². The molecule has 0 aliphatic carbocycles. The molecule has 2 N–H and O–H groups in total. The minimum absolute atomic E-state index is 0.103. The lowest BCUT2D eigenvalue weighted by Crippen LogP contribution is -2.45. The minimum Gasteiger partial charge on any atom is -0.397 e. The monoisotopic (exact) mass is 306 g/mol. The van der Waals surface area contributed by atoms with Gasteiger partial charge in [0.05, 0.1) is 23.3 Å². The maximum absolute atomic E-state index is 13.9. The summed E-state index contributed by atoms with van der Waals surface area (Å²) in [4.78, 5) is 14.9. The third-order valence-corrected chi connectivity index (χ3v) is 5.39. The molecule has 1 aromatic heterocycles. The zero-order valence-corrected chi connectivity index (χ0v) is 12.2. The number of carbonyl (C=O) groups is 1. The maximum atomic E-state index is 13.9. The van der Waals surface area contributed by atoms with Gasteiger partial charge in [0, 0.05) is 17.8 Å². The van der Waals surface area contributed by atoms with Crippen LogP contribution in [0.15, 0.2) is 18.2 Å². The number of benzene rings is 1. The molecule has 2 aliphatic heterocycles. The third kappa shape index (κ3) is 2.01. The number of hydrogen-bond acceptors (Lipinski definition) is 4. The Bertz CT molecular complexity index is 718. The first kappa shape index (κ1) is 13.0. The first-order chi connectivity index (χ1) is 10.1.